The standard InChI is InChI=1S/C29H28N2O7S/c1-6-14-38-28(35)26-17(4)30-29(39-26)31-23(18-8-10-19(11-9-18)37-7-2)22(25(33)27(31)34)24(32)21-13-12-20(36-5)15-16(21)3/h6,8-13,15,23,32H,1,7,14H2,2-5H3/b24-22+/t23-/m0/s1. The van der Waals surface area contributed by atoms with Gasteiger partial charge in [-0.25, -0.2) is 9.78 Å². The Kier molecular flexibility index (Phi) is 8.15. The van der Waals surface area contributed by atoms with Crippen molar-refractivity contribution in [3.05, 3.63) is 88.0 Å². The number of rotatable bonds is 9. The average molecular weight is 549 g/mol. The van der Waals surface area contributed by atoms with E-state index in [4.69, 9.17) is 14.2 Å². The number of amides is 1. The highest BCUT2D eigenvalue weighted by molar-refractivity contribution is 7.17. The van der Waals surface area contributed by atoms with Crippen molar-refractivity contribution in [3.63, 3.8) is 0 Å². The van der Waals surface area contributed by atoms with Crippen molar-refractivity contribution in [2.24, 2.45) is 0 Å². The largest absolute Gasteiger partial charge is 0.507 e. The molecule has 4 rings (SSSR count). The highest BCUT2D eigenvalue weighted by Gasteiger charge is 2.48. The highest BCUT2D eigenvalue weighted by Crippen LogP contribution is 2.44. The molecule has 1 saturated heterocycles. The molecule has 2 heterocycles. The normalized spacial score (nSPS) is 16.3. The van der Waals surface area contributed by atoms with E-state index in [1.807, 2.05) is 6.92 Å². The molecule has 0 unspecified atom stereocenters. The van der Waals surface area contributed by atoms with E-state index in [1.54, 1.807) is 56.3 Å². The van der Waals surface area contributed by atoms with Crippen LogP contribution in [0.4, 0.5) is 5.13 Å². The third-order valence-corrected chi connectivity index (χ3v) is 7.29. The van der Waals surface area contributed by atoms with Crippen LogP contribution in [0.1, 0.15) is 45.0 Å². The summed E-state index contributed by atoms with van der Waals surface area (Å²) in [6, 6.07) is 10.9. The molecule has 2 aromatic carbocycles. The molecule has 3 aromatic rings. The van der Waals surface area contributed by atoms with Crippen LogP contribution in [-0.2, 0) is 14.3 Å². The molecule has 0 saturated carbocycles. The number of aryl methyl sites for hydroxylation is 2. The average Bonchev–Trinajstić information content (AvgIpc) is 3.43. The SMILES string of the molecule is C=CCOC(=O)c1sc(N2C(=O)C(=O)/C(=C(/O)c3ccc(OC)cc3C)[C@@H]2c2ccc(OCC)cc2)nc1C. The quantitative estimate of drug-likeness (QED) is 0.129. The lowest BCUT2D eigenvalue weighted by molar-refractivity contribution is -0.132. The number of hydrogen-bond acceptors (Lipinski definition) is 9. The molecule has 1 amide bonds. The van der Waals surface area contributed by atoms with Gasteiger partial charge in [0.15, 0.2) is 5.13 Å². The van der Waals surface area contributed by atoms with Crippen molar-refractivity contribution < 1.29 is 33.7 Å². The maximum atomic E-state index is 13.5. The summed E-state index contributed by atoms with van der Waals surface area (Å²) < 4.78 is 16.0. The summed E-state index contributed by atoms with van der Waals surface area (Å²) in [5.74, 6) is -1.48. The zero-order chi connectivity index (χ0) is 28.3. The van der Waals surface area contributed by atoms with E-state index in [9.17, 15) is 19.5 Å². The lowest BCUT2D eigenvalue weighted by Crippen LogP contribution is -2.29. The Hall–Kier alpha value is -4.44. The molecule has 1 atom stereocenters. The minimum atomic E-state index is -1.01. The Balaban J connectivity index is 1.89. The van der Waals surface area contributed by atoms with Crippen LogP contribution < -0.4 is 14.4 Å². The first kappa shape index (κ1) is 27.6. The maximum Gasteiger partial charge on any atom is 0.350 e. The number of carbonyl (C=O) groups excluding carboxylic acids is 3. The van der Waals surface area contributed by atoms with Crippen LogP contribution in [-0.4, -0.2) is 48.1 Å². The van der Waals surface area contributed by atoms with E-state index in [0.717, 1.165) is 11.3 Å². The molecule has 1 aliphatic rings. The molecule has 0 spiro atoms. The van der Waals surface area contributed by atoms with Gasteiger partial charge in [-0.3, -0.25) is 14.5 Å². The van der Waals surface area contributed by atoms with Gasteiger partial charge in [-0.2, -0.15) is 0 Å². The molecule has 1 fully saturated rings. The van der Waals surface area contributed by atoms with Gasteiger partial charge in [0.25, 0.3) is 5.78 Å². The number of Topliss-reactive ketones (excluding diaryl/α,β-unsaturated/α-hetero) is 1. The predicted molar refractivity (Wildman–Crippen MR) is 147 cm³/mol. The number of ether oxygens (including phenoxy) is 3. The molecule has 0 aliphatic carbocycles. The second-order valence-corrected chi connectivity index (χ2v) is 9.63. The van der Waals surface area contributed by atoms with Gasteiger partial charge in [0.05, 0.1) is 31.0 Å². The number of hydrogen-bond donors (Lipinski definition) is 1. The number of esters is 1. The van der Waals surface area contributed by atoms with Crippen LogP contribution >= 0.6 is 11.3 Å². The zero-order valence-electron chi connectivity index (χ0n) is 22.0. The smallest absolute Gasteiger partial charge is 0.350 e. The maximum absolute atomic E-state index is 13.5. The van der Waals surface area contributed by atoms with Gasteiger partial charge in [-0.1, -0.05) is 36.1 Å². The Labute approximate surface area is 230 Å². The number of thiazole rings is 1. The Morgan fingerprint density at radius 3 is 2.46 bits per heavy atom. The van der Waals surface area contributed by atoms with Gasteiger partial charge in [-0.05, 0) is 62.2 Å². The second kappa shape index (κ2) is 11.5. The Bertz CT molecular complexity index is 1470. The highest BCUT2D eigenvalue weighted by atomic mass is 32.1. The van der Waals surface area contributed by atoms with Crippen LogP contribution in [0.2, 0.25) is 0 Å². The van der Waals surface area contributed by atoms with Crippen LogP contribution in [0, 0.1) is 13.8 Å². The van der Waals surface area contributed by atoms with Crippen molar-refractivity contribution >= 4 is 39.9 Å². The number of aliphatic hydroxyl groups excluding tert-OH is 1. The first-order chi connectivity index (χ1) is 18.7. The molecule has 202 valence electrons. The van der Waals surface area contributed by atoms with Gasteiger partial charge in [-0.15, -0.1) is 0 Å². The van der Waals surface area contributed by atoms with Gasteiger partial charge >= 0.3 is 11.9 Å². The number of anilines is 1. The molecule has 9 nitrogen and oxygen atoms in total. The summed E-state index contributed by atoms with van der Waals surface area (Å²) in [6.45, 7) is 9.28. The number of aromatic nitrogens is 1. The predicted octanol–water partition coefficient (Wildman–Crippen LogP) is 5.14. The number of aliphatic hydroxyl groups is 1. The van der Waals surface area contributed by atoms with E-state index >= 15 is 0 Å². The van der Waals surface area contributed by atoms with Crippen molar-refractivity contribution in [3.8, 4) is 11.5 Å². The fraction of sp³-hybridized carbons (Fsp3) is 0.241. The molecule has 0 radical (unpaired) electrons. The minimum Gasteiger partial charge on any atom is -0.507 e. The number of ketones is 1. The second-order valence-electron chi connectivity index (χ2n) is 8.65. The Morgan fingerprint density at radius 2 is 1.85 bits per heavy atom. The summed E-state index contributed by atoms with van der Waals surface area (Å²) in [5.41, 5.74) is 1.84. The fourth-order valence-corrected chi connectivity index (χ4v) is 5.29. The summed E-state index contributed by atoms with van der Waals surface area (Å²) in [7, 11) is 1.53. The lowest BCUT2D eigenvalue weighted by Gasteiger charge is -2.23. The molecular weight excluding hydrogens is 520 g/mol. The molecule has 1 N–H and O–H groups in total. The van der Waals surface area contributed by atoms with Crippen molar-refractivity contribution in [2.45, 2.75) is 26.8 Å². The van der Waals surface area contributed by atoms with E-state index in [-0.39, 0.29) is 27.9 Å². The van der Waals surface area contributed by atoms with Gasteiger partial charge in [0.1, 0.15) is 28.7 Å². The number of carbonyl (C=O) groups is 3. The molecule has 1 aliphatic heterocycles. The van der Waals surface area contributed by atoms with Crippen LogP contribution in [0.25, 0.3) is 5.76 Å². The van der Waals surface area contributed by atoms with Crippen molar-refractivity contribution in [1.29, 1.82) is 0 Å². The summed E-state index contributed by atoms with van der Waals surface area (Å²) in [6.07, 6.45) is 1.45. The van der Waals surface area contributed by atoms with E-state index in [2.05, 4.69) is 11.6 Å². The molecule has 0 bridgehead atoms. The van der Waals surface area contributed by atoms with Gasteiger partial charge in [0.2, 0.25) is 0 Å². The number of methoxy groups -OCH3 is 1. The molecule has 1 aromatic heterocycles. The van der Waals surface area contributed by atoms with Crippen molar-refractivity contribution in [1.82, 2.24) is 4.98 Å². The number of benzene rings is 2. The monoisotopic (exact) mass is 548 g/mol. The van der Waals surface area contributed by atoms with Gasteiger partial charge in [0, 0.05) is 5.56 Å². The zero-order valence-corrected chi connectivity index (χ0v) is 22.8. The third kappa shape index (κ3) is 5.28. The summed E-state index contributed by atoms with van der Waals surface area (Å²) in [5, 5.41) is 11.6. The third-order valence-electron chi connectivity index (χ3n) is 6.15. The number of nitrogens with zero attached hydrogens (tertiary/aromatic N) is 2. The van der Waals surface area contributed by atoms with E-state index in [1.165, 1.54) is 18.1 Å². The van der Waals surface area contributed by atoms with Gasteiger partial charge < -0.3 is 19.3 Å². The molecular formula is C29H28N2O7S. The lowest BCUT2D eigenvalue weighted by atomic mass is 9.94. The van der Waals surface area contributed by atoms with E-state index in [0.29, 0.717) is 40.5 Å². The Morgan fingerprint density at radius 1 is 1.15 bits per heavy atom. The van der Waals surface area contributed by atoms with E-state index < -0.39 is 23.7 Å². The first-order valence-electron chi connectivity index (χ1n) is 12.2. The first-order valence-corrected chi connectivity index (χ1v) is 13.0. The van der Waals surface area contributed by atoms with Crippen LogP contribution in [0.5, 0.6) is 11.5 Å². The van der Waals surface area contributed by atoms with Crippen molar-refractivity contribution in [2.75, 3.05) is 25.2 Å². The summed E-state index contributed by atoms with van der Waals surface area (Å²) >= 11 is 0.936. The molecule has 10 heteroatoms. The fourth-order valence-electron chi connectivity index (χ4n) is 4.31. The van der Waals surface area contributed by atoms with Crippen LogP contribution in [0.3, 0.4) is 0 Å². The van der Waals surface area contributed by atoms with Crippen LogP contribution in [0.15, 0.2) is 60.7 Å². The minimum absolute atomic E-state index is 0.0173. The summed E-state index contributed by atoms with van der Waals surface area (Å²) in [4.78, 5) is 45.4. The topological polar surface area (TPSA) is 115 Å². The molecule has 39 heavy (non-hydrogen) atoms.